The van der Waals surface area contributed by atoms with E-state index in [1.54, 1.807) is 11.8 Å². The molecule has 6 rings (SSSR count). The molecule has 2 aliphatic carbocycles. The number of amides is 3. The predicted octanol–water partition coefficient (Wildman–Crippen LogP) is 4.39. The van der Waals surface area contributed by atoms with E-state index >= 15 is 0 Å². The predicted molar refractivity (Wildman–Crippen MR) is 168 cm³/mol. The van der Waals surface area contributed by atoms with Crippen LogP contribution in [0.4, 0.5) is 4.79 Å². The zero-order chi connectivity index (χ0) is 31.4. The lowest BCUT2D eigenvalue weighted by atomic mass is 10.0. The molecule has 0 unspecified atom stereocenters. The number of ether oxygens (including phenoxy) is 1. The van der Waals surface area contributed by atoms with Gasteiger partial charge in [-0.1, -0.05) is 48.3 Å². The molecular weight excluding hydrogens is 596 g/mol. The molecule has 12 heteroatoms. The Morgan fingerprint density at radius 3 is 2.69 bits per heavy atom. The number of nitrogens with zero attached hydrogens (tertiary/aromatic N) is 2. The van der Waals surface area contributed by atoms with E-state index < -0.39 is 47.6 Å². The number of hydrogen-bond donors (Lipinski definition) is 3. The van der Waals surface area contributed by atoms with Crippen LogP contribution in [0.3, 0.4) is 0 Å². The van der Waals surface area contributed by atoms with Crippen molar-refractivity contribution in [2.75, 3.05) is 12.3 Å². The highest BCUT2D eigenvalue weighted by Gasteiger charge is 2.61. The molecule has 242 valence electrons. The first-order chi connectivity index (χ1) is 21.8. The Labute approximate surface area is 267 Å². The van der Waals surface area contributed by atoms with Crippen molar-refractivity contribution < 1.29 is 33.9 Å². The molecule has 1 saturated heterocycles. The molecule has 3 amide bonds. The van der Waals surface area contributed by atoms with Gasteiger partial charge in [-0.15, -0.1) is 11.8 Å². The average molecular weight is 639 g/mol. The van der Waals surface area contributed by atoms with Crippen molar-refractivity contribution in [2.45, 2.75) is 112 Å². The molecule has 1 aromatic carbocycles. The molecule has 3 N–H and O–H groups in total. The summed E-state index contributed by atoms with van der Waals surface area (Å²) < 4.78 is 5.62. The molecule has 2 saturated carbocycles. The van der Waals surface area contributed by atoms with Gasteiger partial charge in [-0.05, 0) is 57.4 Å². The second kappa shape index (κ2) is 13.8. The molecule has 0 bridgehead atoms. The Balaban J connectivity index is 1.23. The summed E-state index contributed by atoms with van der Waals surface area (Å²) in [6, 6.07) is 6.14. The largest absolute Gasteiger partial charge is 0.479 e. The topological polar surface area (TPSA) is 147 Å². The van der Waals surface area contributed by atoms with Crippen LogP contribution in [0.1, 0.15) is 82.6 Å². The van der Waals surface area contributed by atoms with E-state index in [4.69, 9.17) is 9.57 Å². The SMILES string of the molecule is O=C(N[C@H]1CCCCC/C=C\[C@@H]2C[C@]2(C(=O)O)NC(=O)[C@@H]2C[C@@H](O/N=C3\CCSc4ccccc43)CN2C1=O)OC1CCCC1. The van der Waals surface area contributed by atoms with Crippen LogP contribution < -0.4 is 10.6 Å². The van der Waals surface area contributed by atoms with Crippen LogP contribution in [0.5, 0.6) is 0 Å². The van der Waals surface area contributed by atoms with Gasteiger partial charge in [0.25, 0.3) is 0 Å². The molecule has 45 heavy (non-hydrogen) atoms. The summed E-state index contributed by atoms with van der Waals surface area (Å²) >= 11 is 1.76. The van der Waals surface area contributed by atoms with E-state index in [1.807, 2.05) is 36.4 Å². The summed E-state index contributed by atoms with van der Waals surface area (Å²) in [5.74, 6) is -1.47. The summed E-state index contributed by atoms with van der Waals surface area (Å²) in [5, 5.41) is 20.2. The number of thioether (sulfide) groups is 1. The standard InChI is InChI=1S/C33H42N4O7S/c38-29-27-18-23(44-36-25-16-17-45-28-15-9-8-13-24(25)28)20-37(27)30(39)26(34-32(42)43-22-11-6-7-12-22)14-5-3-1-2-4-10-21-19-33(21,35-29)31(40)41/h4,8-10,13,15,21-23,26-27H,1-3,5-7,11-12,14,16-20H2,(H,34,42)(H,35,38)(H,40,41)/b10-4-,36-25+/t21-,23-,26+,27+,33+/m1/s1. The van der Waals surface area contributed by atoms with E-state index in [0.717, 1.165) is 73.3 Å². The van der Waals surface area contributed by atoms with Gasteiger partial charge >= 0.3 is 12.1 Å². The zero-order valence-electron chi connectivity index (χ0n) is 25.4. The molecule has 5 aliphatic rings. The van der Waals surface area contributed by atoms with E-state index in [-0.39, 0.29) is 25.0 Å². The van der Waals surface area contributed by atoms with Gasteiger partial charge in [0.05, 0.1) is 12.3 Å². The number of carbonyl (C=O) groups excluding carboxylic acids is 3. The van der Waals surface area contributed by atoms with Crippen molar-refractivity contribution in [3.63, 3.8) is 0 Å². The van der Waals surface area contributed by atoms with Gasteiger partial charge in [-0.3, -0.25) is 9.59 Å². The number of rotatable bonds is 5. The number of oxime groups is 1. The molecule has 5 atom stereocenters. The van der Waals surface area contributed by atoms with Crippen LogP contribution in [0.25, 0.3) is 0 Å². The highest BCUT2D eigenvalue weighted by molar-refractivity contribution is 7.99. The lowest BCUT2D eigenvalue weighted by Crippen LogP contribution is -2.56. The summed E-state index contributed by atoms with van der Waals surface area (Å²) in [6.07, 6.45) is 10.9. The molecule has 0 aromatic heterocycles. The number of hydrogen-bond acceptors (Lipinski definition) is 8. The number of benzene rings is 1. The maximum Gasteiger partial charge on any atom is 0.408 e. The van der Waals surface area contributed by atoms with Gasteiger partial charge < -0.3 is 30.2 Å². The smallest absolute Gasteiger partial charge is 0.408 e. The normalized spacial score (nSPS) is 32.3. The molecule has 11 nitrogen and oxygen atoms in total. The summed E-state index contributed by atoms with van der Waals surface area (Å²) in [6.45, 7) is 0.0867. The molecule has 3 aliphatic heterocycles. The monoisotopic (exact) mass is 638 g/mol. The minimum Gasteiger partial charge on any atom is -0.479 e. The summed E-state index contributed by atoms with van der Waals surface area (Å²) in [7, 11) is 0. The minimum atomic E-state index is -1.39. The quantitative estimate of drug-likeness (QED) is 0.318. The van der Waals surface area contributed by atoms with Crippen molar-refractivity contribution in [2.24, 2.45) is 11.1 Å². The number of alkyl carbamates (subject to hydrolysis) is 1. The number of carbonyl (C=O) groups is 4. The third kappa shape index (κ3) is 7.15. The molecular formula is C33H42N4O7S. The van der Waals surface area contributed by atoms with Crippen LogP contribution in [0.15, 0.2) is 46.5 Å². The van der Waals surface area contributed by atoms with E-state index in [0.29, 0.717) is 19.3 Å². The molecule has 3 fully saturated rings. The molecule has 1 aromatic rings. The maximum atomic E-state index is 14.2. The maximum absolute atomic E-state index is 14.2. The highest BCUT2D eigenvalue weighted by atomic mass is 32.2. The van der Waals surface area contributed by atoms with Crippen LogP contribution in [-0.2, 0) is 24.0 Å². The van der Waals surface area contributed by atoms with Crippen LogP contribution in [-0.4, -0.2) is 81.7 Å². The van der Waals surface area contributed by atoms with Gasteiger partial charge in [0.2, 0.25) is 11.8 Å². The second-order valence-corrected chi connectivity index (χ2v) is 13.9. The van der Waals surface area contributed by atoms with Crippen molar-refractivity contribution in [3.8, 4) is 0 Å². The Morgan fingerprint density at radius 1 is 1.07 bits per heavy atom. The Hall–Kier alpha value is -3.54. The fourth-order valence-corrected chi connectivity index (χ4v) is 7.96. The van der Waals surface area contributed by atoms with Gasteiger partial charge in [0.15, 0.2) is 0 Å². The Kier molecular flexibility index (Phi) is 9.67. The summed E-state index contributed by atoms with van der Waals surface area (Å²) in [5.41, 5.74) is 0.432. The zero-order valence-corrected chi connectivity index (χ0v) is 26.3. The first-order valence-corrected chi connectivity index (χ1v) is 17.3. The van der Waals surface area contributed by atoms with Gasteiger partial charge in [0, 0.05) is 35.0 Å². The van der Waals surface area contributed by atoms with Crippen molar-refractivity contribution in [1.29, 1.82) is 0 Å². The van der Waals surface area contributed by atoms with Gasteiger partial charge in [-0.2, -0.15) is 0 Å². The van der Waals surface area contributed by atoms with Crippen LogP contribution in [0.2, 0.25) is 0 Å². The van der Waals surface area contributed by atoms with E-state index in [1.165, 1.54) is 4.90 Å². The molecule has 3 heterocycles. The summed E-state index contributed by atoms with van der Waals surface area (Å²) in [4.78, 5) is 61.8. The van der Waals surface area contributed by atoms with Crippen molar-refractivity contribution in [1.82, 2.24) is 15.5 Å². The molecule has 0 radical (unpaired) electrons. The van der Waals surface area contributed by atoms with Crippen molar-refractivity contribution >= 4 is 41.4 Å². The van der Waals surface area contributed by atoms with Gasteiger partial charge in [-0.25, -0.2) is 9.59 Å². The fraction of sp³-hybridized carbons (Fsp3) is 0.606. The first kappa shape index (κ1) is 31.4. The minimum absolute atomic E-state index is 0.0867. The highest BCUT2D eigenvalue weighted by Crippen LogP contribution is 2.45. The Bertz CT molecular complexity index is 1360. The third-order valence-corrected chi connectivity index (χ3v) is 10.7. The number of carboxylic acids is 1. The van der Waals surface area contributed by atoms with Crippen LogP contribution >= 0.6 is 11.8 Å². The van der Waals surface area contributed by atoms with Crippen molar-refractivity contribution in [3.05, 3.63) is 42.0 Å². The second-order valence-electron chi connectivity index (χ2n) is 12.8. The van der Waals surface area contributed by atoms with E-state index in [2.05, 4.69) is 15.8 Å². The van der Waals surface area contributed by atoms with E-state index in [9.17, 15) is 24.3 Å². The number of allylic oxidation sites excluding steroid dienone is 1. The Morgan fingerprint density at radius 2 is 1.87 bits per heavy atom. The number of aliphatic carboxylic acids is 1. The number of fused-ring (bicyclic) bond motifs is 3. The van der Waals surface area contributed by atoms with Crippen LogP contribution in [0, 0.1) is 5.92 Å². The average Bonchev–Trinajstić information content (AvgIpc) is 3.33. The third-order valence-electron chi connectivity index (χ3n) is 9.60. The molecule has 0 spiro atoms. The lowest BCUT2D eigenvalue weighted by Gasteiger charge is -2.29. The fourth-order valence-electron chi connectivity index (χ4n) is 6.93. The number of nitrogens with one attached hydrogen (secondary N) is 2. The lowest BCUT2D eigenvalue weighted by molar-refractivity contribution is -0.145. The first-order valence-electron chi connectivity index (χ1n) is 16.3. The van der Waals surface area contributed by atoms with Gasteiger partial charge in [0.1, 0.15) is 29.8 Å². The number of carboxylic acid groups (broad SMARTS) is 1.